The average molecular weight is 194 g/mol. The second kappa shape index (κ2) is 3.71. The van der Waals surface area contributed by atoms with Crippen LogP contribution in [0.2, 0.25) is 5.82 Å². The molecule has 1 aromatic carbocycles. The van der Waals surface area contributed by atoms with Crippen LogP contribution in [0.25, 0.3) is 0 Å². The van der Waals surface area contributed by atoms with Crippen LogP contribution in [0.5, 0.6) is 0 Å². The molecule has 0 unspecified atom stereocenters. The van der Waals surface area contributed by atoms with Crippen LogP contribution in [0.1, 0.15) is 17.5 Å². The molecular formula is C10H12BFO2. The zero-order valence-corrected chi connectivity index (χ0v) is 7.78. The molecule has 1 aliphatic rings. The third-order valence-electron chi connectivity index (χ3n) is 2.86. The summed E-state index contributed by atoms with van der Waals surface area (Å²) in [5.74, 6) is -0.320. The van der Waals surface area contributed by atoms with E-state index in [4.69, 9.17) is 10.0 Å². The Labute approximate surface area is 82.5 Å². The number of hydrogen-bond acceptors (Lipinski definition) is 2. The first-order valence-corrected chi connectivity index (χ1v) is 4.80. The average Bonchev–Trinajstić information content (AvgIpc) is 2.16. The van der Waals surface area contributed by atoms with E-state index >= 15 is 0 Å². The summed E-state index contributed by atoms with van der Waals surface area (Å²) in [6.45, 7) is 0. The van der Waals surface area contributed by atoms with Crippen molar-refractivity contribution in [3.05, 3.63) is 35.1 Å². The third kappa shape index (κ3) is 1.81. The predicted octanol–water partition coefficient (Wildman–Crippen LogP) is 1.16. The van der Waals surface area contributed by atoms with Gasteiger partial charge in [0.25, 0.3) is 0 Å². The fourth-order valence-electron chi connectivity index (χ4n) is 2.01. The topological polar surface area (TPSA) is 40.5 Å². The minimum atomic E-state index is -1.26. The number of halogens is 1. The molecule has 0 fully saturated rings. The van der Waals surface area contributed by atoms with Gasteiger partial charge < -0.3 is 10.0 Å². The van der Waals surface area contributed by atoms with E-state index in [1.807, 2.05) is 0 Å². The third-order valence-corrected chi connectivity index (χ3v) is 2.86. The van der Waals surface area contributed by atoms with Gasteiger partial charge in [0.1, 0.15) is 5.82 Å². The van der Waals surface area contributed by atoms with E-state index in [0.29, 0.717) is 12.8 Å². The summed E-state index contributed by atoms with van der Waals surface area (Å²) >= 11 is 0. The van der Waals surface area contributed by atoms with Gasteiger partial charge in [-0.05, 0) is 48.3 Å². The van der Waals surface area contributed by atoms with Crippen LogP contribution in [0, 0.1) is 5.82 Å². The van der Waals surface area contributed by atoms with Crippen LogP contribution < -0.4 is 0 Å². The lowest BCUT2D eigenvalue weighted by Crippen LogP contribution is -2.25. The first kappa shape index (κ1) is 9.68. The Morgan fingerprint density at radius 1 is 1.29 bits per heavy atom. The van der Waals surface area contributed by atoms with Crippen LogP contribution in [-0.2, 0) is 12.8 Å². The molecule has 2 nitrogen and oxygen atoms in total. The molecule has 0 aliphatic heterocycles. The van der Waals surface area contributed by atoms with Crippen molar-refractivity contribution >= 4 is 7.12 Å². The molecule has 1 aliphatic carbocycles. The summed E-state index contributed by atoms with van der Waals surface area (Å²) in [4.78, 5) is 0. The van der Waals surface area contributed by atoms with Crippen molar-refractivity contribution in [3.8, 4) is 0 Å². The molecule has 1 aromatic rings. The molecule has 0 aromatic heterocycles. The first-order valence-electron chi connectivity index (χ1n) is 4.80. The molecule has 0 radical (unpaired) electrons. The summed E-state index contributed by atoms with van der Waals surface area (Å²) < 4.78 is 12.9. The molecular weight excluding hydrogens is 182 g/mol. The van der Waals surface area contributed by atoms with E-state index in [-0.39, 0.29) is 11.6 Å². The van der Waals surface area contributed by atoms with Gasteiger partial charge in [-0.2, -0.15) is 0 Å². The molecule has 0 amide bonds. The second-order valence-corrected chi connectivity index (χ2v) is 3.83. The van der Waals surface area contributed by atoms with Crippen molar-refractivity contribution in [1.82, 2.24) is 0 Å². The molecule has 14 heavy (non-hydrogen) atoms. The van der Waals surface area contributed by atoms with Gasteiger partial charge in [0, 0.05) is 0 Å². The number of rotatable bonds is 1. The van der Waals surface area contributed by atoms with E-state index in [1.165, 1.54) is 12.1 Å². The quantitative estimate of drug-likeness (QED) is 0.658. The van der Waals surface area contributed by atoms with Gasteiger partial charge in [-0.3, -0.25) is 0 Å². The first-order chi connectivity index (χ1) is 6.66. The zero-order valence-electron chi connectivity index (χ0n) is 7.78. The summed E-state index contributed by atoms with van der Waals surface area (Å²) in [5, 5.41) is 18.1. The van der Waals surface area contributed by atoms with Gasteiger partial charge >= 0.3 is 7.12 Å². The minimum absolute atomic E-state index is 0.104. The van der Waals surface area contributed by atoms with Gasteiger partial charge in [0.05, 0.1) is 0 Å². The summed E-state index contributed by atoms with van der Waals surface area (Å²) in [5.41, 5.74) is 2.04. The molecule has 0 heterocycles. The standard InChI is InChI=1S/C10H12BFO2/c12-10-4-2-7-5-9(11(13)14)3-1-8(7)6-10/h2,4,6,9,13-14H,1,3,5H2/t9-/m0/s1. The van der Waals surface area contributed by atoms with Crippen LogP contribution in [0.4, 0.5) is 4.39 Å². The molecule has 0 saturated heterocycles. The molecule has 0 bridgehead atoms. The molecule has 0 spiro atoms. The lowest BCUT2D eigenvalue weighted by atomic mass is 9.64. The number of hydrogen-bond donors (Lipinski definition) is 2. The van der Waals surface area contributed by atoms with E-state index in [0.717, 1.165) is 17.5 Å². The van der Waals surface area contributed by atoms with Crippen LogP contribution >= 0.6 is 0 Å². The normalized spacial score (nSPS) is 20.4. The fraction of sp³-hybridized carbons (Fsp3) is 0.400. The van der Waals surface area contributed by atoms with Gasteiger partial charge in [0.2, 0.25) is 0 Å². The Morgan fingerprint density at radius 2 is 2.07 bits per heavy atom. The van der Waals surface area contributed by atoms with Gasteiger partial charge in [0.15, 0.2) is 0 Å². The predicted molar refractivity (Wildman–Crippen MR) is 52.4 cm³/mol. The summed E-state index contributed by atoms with van der Waals surface area (Å²) in [7, 11) is -1.26. The molecule has 4 heteroatoms. The van der Waals surface area contributed by atoms with Crippen molar-refractivity contribution in [2.45, 2.75) is 25.1 Å². The van der Waals surface area contributed by atoms with Crippen molar-refractivity contribution in [1.29, 1.82) is 0 Å². The Morgan fingerprint density at radius 3 is 2.79 bits per heavy atom. The Kier molecular flexibility index (Phi) is 2.57. The monoisotopic (exact) mass is 194 g/mol. The van der Waals surface area contributed by atoms with Crippen molar-refractivity contribution in [2.75, 3.05) is 0 Å². The van der Waals surface area contributed by atoms with E-state index in [1.54, 1.807) is 6.07 Å². The zero-order chi connectivity index (χ0) is 10.1. The van der Waals surface area contributed by atoms with Gasteiger partial charge in [-0.15, -0.1) is 0 Å². The highest BCUT2D eigenvalue weighted by atomic mass is 19.1. The minimum Gasteiger partial charge on any atom is -0.427 e. The fourth-order valence-corrected chi connectivity index (χ4v) is 2.01. The van der Waals surface area contributed by atoms with E-state index in [9.17, 15) is 4.39 Å². The van der Waals surface area contributed by atoms with Crippen molar-refractivity contribution in [3.63, 3.8) is 0 Å². The lowest BCUT2D eigenvalue weighted by molar-refractivity contribution is 0.374. The number of benzene rings is 1. The van der Waals surface area contributed by atoms with Crippen LogP contribution in [-0.4, -0.2) is 17.2 Å². The lowest BCUT2D eigenvalue weighted by Gasteiger charge is -2.23. The molecule has 2 N–H and O–H groups in total. The maximum absolute atomic E-state index is 12.9. The maximum Gasteiger partial charge on any atom is 0.455 e. The van der Waals surface area contributed by atoms with E-state index < -0.39 is 7.12 Å². The molecule has 2 rings (SSSR count). The number of fused-ring (bicyclic) bond motifs is 1. The summed E-state index contributed by atoms with van der Waals surface area (Å²) in [6, 6.07) is 4.69. The van der Waals surface area contributed by atoms with Crippen LogP contribution in [0.15, 0.2) is 18.2 Å². The smallest absolute Gasteiger partial charge is 0.427 e. The van der Waals surface area contributed by atoms with Gasteiger partial charge in [-0.25, -0.2) is 4.39 Å². The SMILES string of the molecule is OB(O)[C@H]1CCc2cc(F)ccc2C1. The largest absolute Gasteiger partial charge is 0.455 e. The van der Waals surface area contributed by atoms with Crippen molar-refractivity contribution in [2.24, 2.45) is 0 Å². The second-order valence-electron chi connectivity index (χ2n) is 3.83. The Bertz CT molecular complexity index is 341. The highest BCUT2D eigenvalue weighted by Gasteiger charge is 2.27. The van der Waals surface area contributed by atoms with Crippen LogP contribution in [0.3, 0.4) is 0 Å². The van der Waals surface area contributed by atoms with Crippen molar-refractivity contribution < 1.29 is 14.4 Å². The Hall–Kier alpha value is -0.865. The summed E-state index contributed by atoms with van der Waals surface area (Å²) in [6.07, 6.45) is 2.08. The Balaban J connectivity index is 2.23. The maximum atomic E-state index is 12.9. The molecule has 0 saturated carbocycles. The number of aryl methyl sites for hydroxylation is 1. The molecule has 74 valence electrons. The van der Waals surface area contributed by atoms with Gasteiger partial charge in [-0.1, -0.05) is 6.07 Å². The van der Waals surface area contributed by atoms with E-state index in [2.05, 4.69) is 0 Å². The highest BCUT2D eigenvalue weighted by Crippen LogP contribution is 2.30. The highest BCUT2D eigenvalue weighted by molar-refractivity contribution is 6.43. The molecule has 1 atom stereocenters.